The largest absolute Gasteiger partial charge is 0.353 e. The summed E-state index contributed by atoms with van der Waals surface area (Å²) in [5.74, 6) is 1.27. The Labute approximate surface area is 82.6 Å². The van der Waals surface area contributed by atoms with Crippen molar-refractivity contribution in [2.24, 2.45) is 17.3 Å². The second kappa shape index (κ2) is 3.32. The van der Waals surface area contributed by atoms with Gasteiger partial charge in [-0.1, -0.05) is 34.6 Å². The molecule has 78 valence electrons. The maximum Gasteiger partial charge on any atom is 0.226 e. The Kier molecular flexibility index (Phi) is 2.69. The summed E-state index contributed by atoms with van der Waals surface area (Å²) in [6.45, 7) is 10.7. The summed E-state index contributed by atoms with van der Waals surface area (Å²) < 4.78 is 0. The molecule has 1 rings (SSSR count). The van der Waals surface area contributed by atoms with Crippen LogP contribution in [0.3, 0.4) is 0 Å². The summed E-state index contributed by atoms with van der Waals surface area (Å²) in [6.07, 6.45) is 1.04. The van der Waals surface area contributed by atoms with E-state index >= 15 is 0 Å². The SMILES string of the molecule is CCC1NC(=O)C(C)(C)C1C(C)C.[HH]. The average molecular weight is 185 g/mol. The van der Waals surface area contributed by atoms with Crippen LogP contribution in [0, 0.1) is 17.3 Å². The van der Waals surface area contributed by atoms with Crippen LogP contribution < -0.4 is 5.32 Å². The van der Waals surface area contributed by atoms with E-state index in [1.165, 1.54) is 0 Å². The van der Waals surface area contributed by atoms with Crippen LogP contribution in [-0.2, 0) is 4.79 Å². The molecule has 0 saturated carbocycles. The van der Waals surface area contributed by atoms with Crippen LogP contribution in [-0.4, -0.2) is 11.9 Å². The molecule has 0 spiro atoms. The molecule has 0 bridgehead atoms. The van der Waals surface area contributed by atoms with Gasteiger partial charge in [-0.05, 0) is 18.3 Å². The van der Waals surface area contributed by atoms with Crippen molar-refractivity contribution in [3.63, 3.8) is 0 Å². The molecule has 0 aromatic heterocycles. The molecule has 1 amide bonds. The normalized spacial score (nSPS) is 32.3. The molecule has 1 N–H and O–H groups in total. The number of carbonyl (C=O) groups is 1. The molecule has 2 atom stereocenters. The van der Waals surface area contributed by atoms with E-state index in [1.807, 2.05) is 0 Å². The van der Waals surface area contributed by atoms with E-state index in [1.54, 1.807) is 0 Å². The van der Waals surface area contributed by atoms with E-state index in [0.29, 0.717) is 17.9 Å². The van der Waals surface area contributed by atoms with Crippen molar-refractivity contribution in [2.45, 2.75) is 47.1 Å². The van der Waals surface area contributed by atoms with Crippen LogP contribution in [0.5, 0.6) is 0 Å². The van der Waals surface area contributed by atoms with Gasteiger partial charge in [-0.25, -0.2) is 0 Å². The van der Waals surface area contributed by atoms with Gasteiger partial charge in [0.25, 0.3) is 0 Å². The van der Waals surface area contributed by atoms with Crippen LogP contribution in [0.15, 0.2) is 0 Å². The molecule has 2 heteroatoms. The Morgan fingerprint density at radius 3 is 2.38 bits per heavy atom. The highest BCUT2D eigenvalue weighted by Crippen LogP contribution is 2.41. The van der Waals surface area contributed by atoms with Gasteiger partial charge in [0.2, 0.25) is 5.91 Å². The third-order valence-corrected chi connectivity index (χ3v) is 3.33. The number of amides is 1. The van der Waals surface area contributed by atoms with Gasteiger partial charge in [0.1, 0.15) is 0 Å². The molecule has 1 aliphatic rings. The zero-order valence-corrected chi connectivity index (χ0v) is 9.35. The first-order valence-electron chi connectivity index (χ1n) is 5.22. The van der Waals surface area contributed by atoms with Gasteiger partial charge in [-0.15, -0.1) is 0 Å². The second-order valence-corrected chi connectivity index (χ2v) is 4.98. The lowest BCUT2D eigenvalue weighted by Gasteiger charge is -2.30. The standard InChI is InChI=1S/C11H21NO.H2/c1-6-8-9(7(2)3)11(4,5)10(13)12-8;/h7-9H,6H2,1-5H3,(H,12,13);1H. The van der Waals surface area contributed by atoms with E-state index in [9.17, 15) is 4.79 Å². The maximum absolute atomic E-state index is 11.7. The van der Waals surface area contributed by atoms with Crippen LogP contribution >= 0.6 is 0 Å². The fourth-order valence-electron chi connectivity index (χ4n) is 2.75. The van der Waals surface area contributed by atoms with E-state index < -0.39 is 0 Å². The predicted octanol–water partition coefficient (Wildman–Crippen LogP) is 2.44. The summed E-state index contributed by atoms with van der Waals surface area (Å²) in [4.78, 5) is 11.7. The summed E-state index contributed by atoms with van der Waals surface area (Å²) in [7, 11) is 0. The highest BCUT2D eigenvalue weighted by Gasteiger charge is 2.48. The lowest BCUT2D eigenvalue weighted by Crippen LogP contribution is -2.32. The van der Waals surface area contributed by atoms with E-state index in [-0.39, 0.29) is 12.7 Å². The molecule has 1 fully saturated rings. The van der Waals surface area contributed by atoms with Gasteiger partial charge in [-0.2, -0.15) is 0 Å². The smallest absolute Gasteiger partial charge is 0.226 e. The van der Waals surface area contributed by atoms with Gasteiger partial charge in [0, 0.05) is 12.9 Å². The van der Waals surface area contributed by atoms with Gasteiger partial charge in [0.15, 0.2) is 0 Å². The lowest BCUT2D eigenvalue weighted by atomic mass is 9.72. The Bertz CT molecular complexity index is 213. The molecule has 0 radical (unpaired) electrons. The third-order valence-electron chi connectivity index (χ3n) is 3.33. The number of carbonyl (C=O) groups excluding carboxylic acids is 1. The van der Waals surface area contributed by atoms with Crippen LogP contribution in [0.4, 0.5) is 0 Å². The Morgan fingerprint density at radius 1 is 1.54 bits per heavy atom. The monoisotopic (exact) mass is 185 g/mol. The maximum atomic E-state index is 11.7. The predicted molar refractivity (Wildman–Crippen MR) is 56.4 cm³/mol. The summed E-state index contributed by atoms with van der Waals surface area (Å²) >= 11 is 0. The van der Waals surface area contributed by atoms with Crippen molar-refractivity contribution >= 4 is 5.91 Å². The van der Waals surface area contributed by atoms with Crippen molar-refractivity contribution in [3.8, 4) is 0 Å². The molecular formula is C11H23NO. The zero-order chi connectivity index (χ0) is 10.2. The fourth-order valence-corrected chi connectivity index (χ4v) is 2.75. The summed E-state index contributed by atoms with van der Waals surface area (Å²) in [5.41, 5.74) is -0.186. The van der Waals surface area contributed by atoms with Crippen LogP contribution in [0.25, 0.3) is 0 Å². The highest BCUT2D eigenvalue weighted by molar-refractivity contribution is 5.85. The molecule has 2 unspecified atom stereocenters. The first kappa shape index (κ1) is 10.6. The van der Waals surface area contributed by atoms with Gasteiger partial charge in [-0.3, -0.25) is 4.79 Å². The number of nitrogens with one attached hydrogen (secondary N) is 1. The quantitative estimate of drug-likeness (QED) is 0.703. The van der Waals surface area contributed by atoms with Crippen molar-refractivity contribution < 1.29 is 6.22 Å². The van der Waals surface area contributed by atoms with Crippen LogP contribution in [0.1, 0.15) is 42.5 Å². The Hall–Kier alpha value is -0.530. The molecule has 0 aromatic carbocycles. The van der Waals surface area contributed by atoms with Crippen LogP contribution in [0.2, 0.25) is 0 Å². The first-order valence-corrected chi connectivity index (χ1v) is 5.22. The molecule has 1 saturated heterocycles. The van der Waals surface area contributed by atoms with Crippen molar-refractivity contribution in [2.75, 3.05) is 0 Å². The Balaban J connectivity index is 0.00000169. The first-order chi connectivity index (χ1) is 5.91. The summed E-state index contributed by atoms with van der Waals surface area (Å²) in [6, 6.07) is 0.377. The molecule has 2 nitrogen and oxygen atoms in total. The molecule has 1 heterocycles. The molecule has 13 heavy (non-hydrogen) atoms. The number of hydrogen-bond donors (Lipinski definition) is 1. The molecule has 0 aliphatic carbocycles. The highest BCUT2D eigenvalue weighted by atomic mass is 16.2. The van der Waals surface area contributed by atoms with Crippen molar-refractivity contribution in [1.82, 2.24) is 5.32 Å². The van der Waals surface area contributed by atoms with E-state index in [2.05, 4.69) is 39.9 Å². The Morgan fingerprint density at radius 2 is 2.08 bits per heavy atom. The summed E-state index contributed by atoms with van der Waals surface area (Å²) in [5, 5.41) is 3.09. The van der Waals surface area contributed by atoms with Gasteiger partial charge < -0.3 is 5.32 Å². The molecule has 0 aromatic rings. The molecule has 1 aliphatic heterocycles. The number of rotatable bonds is 2. The zero-order valence-electron chi connectivity index (χ0n) is 9.35. The minimum Gasteiger partial charge on any atom is -0.353 e. The van der Waals surface area contributed by atoms with Crippen molar-refractivity contribution in [3.05, 3.63) is 0 Å². The third kappa shape index (κ3) is 1.59. The second-order valence-electron chi connectivity index (χ2n) is 4.98. The lowest BCUT2D eigenvalue weighted by molar-refractivity contribution is -0.127. The van der Waals surface area contributed by atoms with Gasteiger partial charge in [0.05, 0.1) is 0 Å². The average Bonchev–Trinajstić information content (AvgIpc) is 2.22. The van der Waals surface area contributed by atoms with E-state index in [4.69, 9.17) is 0 Å². The minimum atomic E-state index is -0.186. The van der Waals surface area contributed by atoms with Gasteiger partial charge >= 0.3 is 0 Å². The number of hydrogen-bond acceptors (Lipinski definition) is 1. The van der Waals surface area contributed by atoms with E-state index in [0.717, 1.165) is 6.42 Å². The minimum absolute atomic E-state index is 0. The molecular weight excluding hydrogens is 162 g/mol. The topological polar surface area (TPSA) is 29.1 Å². The fraction of sp³-hybridized carbons (Fsp3) is 0.909. The van der Waals surface area contributed by atoms with Crippen molar-refractivity contribution in [1.29, 1.82) is 0 Å².